The van der Waals surface area contributed by atoms with E-state index in [-0.39, 0.29) is 0 Å². The molecular formula is C14H24BrN3O. The van der Waals surface area contributed by atoms with Gasteiger partial charge in [-0.25, -0.2) is 0 Å². The van der Waals surface area contributed by atoms with Gasteiger partial charge >= 0.3 is 0 Å². The summed E-state index contributed by atoms with van der Waals surface area (Å²) in [5, 5.41) is 8.09. The number of rotatable bonds is 7. The van der Waals surface area contributed by atoms with Crippen molar-refractivity contribution in [1.29, 1.82) is 0 Å². The number of hydrogen-bond donors (Lipinski definition) is 1. The molecule has 1 saturated heterocycles. The number of halogens is 1. The van der Waals surface area contributed by atoms with Crippen LogP contribution >= 0.6 is 15.9 Å². The van der Waals surface area contributed by atoms with Crippen LogP contribution in [0.1, 0.15) is 44.8 Å². The van der Waals surface area contributed by atoms with Gasteiger partial charge in [-0.15, -0.1) is 0 Å². The Morgan fingerprint density at radius 1 is 1.58 bits per heavy atom. The summed E-state index contributed by atoms with van der Waals surface area (Å²) in [6, 6.07) is 0.361. The van der Waals surface area contributed by atoms with Crippen molar-refractivity contribution in [3.8, 4) is 0 Å². The zero-order chi connectivity index (χ0) is 13.7. The van der Waals surface area contributed by atoms with Crippen molar-refractivity contribution in [3.05, 3.63) is 16.4 Å². The number of ether oxygens (including phenoxy) is 1. The van der Waals surface area contributed by atoms with Gasteiger partial charge in [0.1, 0.15) is 0 Å². The first kappa shape index (κ1) is 15.0. The summed E-state index contributed by atoms with van der Waals surface area (Å²) in [6.45, 7) is 8.12. The van der Waals surface area contributed by atoms with E-state index in [1.165, 1.54) is 12.1 Å². The molecule has 0 bridgehead atoms. The second-order valence-electron chi connectivity index (χ2n) is 5.18. The predicted molar refractivity (Wildman–Crippen MR) is 80.2 cm³/mol. The molecule has 0 spiro atoms. The zero-order valence-corrected chi connectivity index (χ0v) is 13.4. The van der Waals surface area contributed by atoms with E-state index in [0.717, 1.165) is 43.6 Å². The molecule has 0 radical (unpaired) electrons. The first-order valence-electron chi connectivity index (χ1n) is 7.28. The number of hydrogen-bond acceptors (Lipinski definition) is 3. The van der Waals surface area contributed by atoms with Gasteiger partial charge in [-0.2, -0.15) is 5.10 Å². The van der Waals surface area contributed by atoms with Crippen LogP contribution in [0.4, 0.5) is 0 Å². The molecule has 2 rings (SSSR count). The third kappa shape index (κ3) is 3.80. The van der Waals surface area contributed by atoms with Gasteiger partial charge in [0, 0.05) is 19.8 Å². The smallest absolute Gasteiger partial charge is 0.0695 e. The lowest BCUT2D eigenvalue weighted by atomic mass is 9.97. The van der Waals surface area contributed by atoms with E-state index in [9.17, 15) is 0 Å². The minimum absolute atomic E-state index is 0.361. The Balaban J connectivity index is 2.14. The Morgan fingerprint density at radius 2 is 2.42 bits per heavy atom. The van der Waals surface area contributed by atoms with E-state index in [2.05, 4.69) is 44.9 Å². The summed E-state index contributed by atoms with van der Waals surface area (Å²) in [7, 11) is 0. The first-order valence-corrected chi connectivity index (χ1v) is 8.07. The first-order chi connectivity index (χ1) is 9.26. The van der Waals surface area contributed by atoms with E-state index in [1.807, 2.05) is 6.20 Å². The molecule has 1 aromatic heterocycles. The molecule has 0 saturated carbocycles. The molecule has 0 amide bonds. The average molecular weight is 330 g/mol. The molecule has 2 heterocycles. The molecule has 2 atom stereocenters. The topological polar surface area (TPSA) is 39.1 Å². The van der Waals surface area contributed by atoms with Gasteiger partial charge in [-0.05, 0) is 47.7 Å². The molecular weight excluding hydrogens is 306 g/mol. The Labute approximate surface area is 124 Å². The van der Waals surface area contributed by atoms with Gasteiger partial charge in [0.05, 0.1) is 22.4 Å². The van der Waals surface area contributed by atoms with E-state index in [0.29, 0.717) is 12.0 Å². The lowest BCUT2D eigenvalue weighted by Gasteiger charge is -2.22. The minimum atomic E-state index is 0.361. The Kier molecular flexibility index (Phi) is 5.85. The standard InChI is InChI=1S/C14H24BrN3O/c1-3-6-18-14(12(15)9-17-18)13(16-4-2)8-11-5-7-19-10-11/h9,11,13,16H,3-8,10H2,1-2H3. The highest BCUT2D eigenvalue weighted by Crippen LogP contribution is 2.31. The zero-order valence-electron chi connectivity index (χ0n) is 11.9. The average Bonchev–Trinajstić information content (AvgIpc) is 3.00. The maximum atomic E-state index is 5.50. The molecule has 19 heavy (non-hydrogen) atoms. The molecule has 5 heteroatoms. The summed E-state index contributed by atoms with van der Waals surface area (Å²) in [6.07, 6.45) is 5.33. The summed E-state index contributed by atoms with van der Waals surface area (Å²) in [4.78, 5) is 0. The molecule has 0 aliphatic carbocycles. The van der Waals surface area contributed by atoms with Crippen LogP contribution in [0.5, 0.6) is 0 Å². The molecule has 1 fully saturated rings. The fourth-order valence-corrected chi connectivity index (χ4v) is 3.32. The summed E-state index contributed by atoms with van der Waals surface area (Å²) in [5.74, 6) is 0.668. The highest BCUT2D eigenvalue weighted by molar-refractivity contribution is 9.10. The summed E-state index contributed by atoms with van der Waals surface area (Å²) in [5.41, 5.74) is 1.29. The van der Waals surface area contributed by atoms with Crippen LogP contribution in [-0.2, 0) is 11.3 Å². The van der Waals surface area contributed by atoms with E-state index >= 15 is 0 Å². The van der Waals surface area contributed by atoms with E-state index < -0.39 is 0 Å². The second-order valence-corrected chi connectivity index (χ2v) is 6.03. The van der Waals surface area contributed by atoms with Gasteiger partial charge in [-0.1, -0.05) is 13.8 Å². The van der Waals surface area contributed by atoms with Crippen LogP contribution in [-0.4, -0.2) is 29.5 Å². The maximum Gasteiger partial charge on any atom is 0.0695 e. The van der Waals surface area contributed by atoms with Crippen molar-refractivity contribution >= 4 is 15.9 Å². The Morgan fingerprint density at radius 3 is 3.05 bits per heavy atom. The van der Waals surface area contributed by atoms with Gasteiger partial charge in [0.15, 0.2) is 0 Å². The van der Waals surface area contributed by atoms with E-state index in [1.54, 1.807) is 0 Å². The quantitative estimate of drug-likeness (QED) is 0.835. The lowest BCUT2D eigenvalue weighted by Crippen LogP contribution is -2.26. The van der Waals surface area contributed by atoms with Crippen LogP contribution < -0.4 is 5.32 Å². The van der Waals surface area contributed by atoms with Crippen molar-refractivity contribution in [2.24, 2.45) is 5.92 Å². The maximum absolute atomic E-state index is 5.50. The molecule has 1 aromatic rings. The van der Waals surface area contributed by atoms with Crippen LogP contribution in [0, 0.1) is 5.92 Å². The summed E-state index contributed by atoms with van der Waals surface area (Å²) < 4.78 is 8.75. The monoisotopic (exact) mass is 329 g/mol. The van der Waals surface area contributed by atoms with Gasteiger partial charge < -0.3 is 10.1 Å². The minimum Gasteiger partial charge on any atom is -0.381 e. The van der Waals surface area contributed by atoms with Gasteiger partial charge in [0.25, 0.3) is 0 Å². The predicted octanol–water partition coefficient (Wildman–Crippen LogP) is 3.13. The lowest BCUT2D eigenvalue weighted by molar-refractivity contribution is 0.181. The highest BCUT2D eigenvalue weighted by Gasteiger charge is 2.25. The SMILES string of the molecule is CCCn1ncc(Br)c1C(CC1CCOC1)NCC. The number of nitrogens with one attached hydrogen (secondary N) is 1. The highest BCUT2D eigenvalue weighted by atomic mass is 79.9. The fourth-order valence-electron chi connectivity index (χ4n) is 2.75. The van der Waals surface area contributed by atoms with Crippen molar-refractivity contribution < 1.29 is 4.74 Å². The normalized spacial score (nSPS) is 20.9. The van der Waals surface area contributed by atoms with Crippen LogP contribution in [0.3, 0.4) is 0 Å². The van der Waals surface area contributed by atoms with Crippen molar-refractivity contribution in [1.82, 2.24) is 15.1 Å². The molecule has 1 aliphatic rings. The van der Waals surface area contributed by atoms with Gasteiger partial charge in [0.2, 0.25) is 0 Å². The number of aromatic nitrogens is 2. The number of aryl methyl sites for hydroxylation is 1. The molecule has 0 aromatic carbocycles. The third-order valence-corrected chi connectivity index (χ3v) is 4.25. The van der Waals surface area contributed by atoms with Crippen LogP contribution in [0.2, 0.25) is 0 Å². The third-order valence-electron chi connectivity index (χ3n) is 3.64. The second kappa shape index (κ2) is 7.41. The largest absolute Gasteiger partial charge is 0.381 e. The summed E-state index contributed by atoms with van der Waals surface area (Å²) >= 11 is 3.65. The molecule has 2 unspecified atom stereocenters. The number of nitrogens with zero attached hydrogens (tertiary/aromatic N) is 2. The Hall–Kier alpha value is -0.390. The van der Waals surface area contributed by atoms with Crippen LogP contribution in [0.25, 0.3) is 0 Å². The molecule has 4 nitrogen and oxygen atoms in total. The van der Waals surface area contributed by atoms with Crippen LogP contribution in [0.15, 0.2) is 10.7 Å². The molecule has 1 aliphatic heterocycles. The fraction of sp³-hybridized carbons (Fsp3) is 0.786. The molecule has 108 valence electrons. The van der Waals surface area contributed by atoms with E-state index in [4.69, 9.17) is 4.74 Å². The Bertz CT molecular complexity index is 388. The van der Waals surface area contributed by atoms with Crippen molar-refractivity contribution in [3.63, 3.8) is 0 Å². The van der Waals surface area contributed by atoms with Crippen molar-refractivity contribution in [2.75, 3.05) is 19.8 Å². The van der Waals surface area contributed by atoms with Gasteiger partial charge in [-0.3, -0.25) is 4.68 Å². The van der Waals surface area contributed by atoms with Crippen molar-refractivity contribution in [2.45, 2.75) is 45.7 Å². The molecule has 1 N–H and O–H groups in total.